The Balaban J connectivity index is 1.08. The van der Waals surface area contributed by atoms with Gasteiger partial charge in [0.2, 0.25) is 17.7 Å². The van der Waals surface area contributed by atoms with Gasteiger partial charge in [0, 0.05) is 72.2 Å². The molecule has 3 amide bonds. The number of fused-ring (bicyclic) bond motifs is 3. The van der Waals surface area contributed by atoms with Crippen molar-refractivity contribution in [3.63, 3.8) is 0 Å². The van der Waals surface area contributed by atoms with Crippen molar-refractivity contribution < 1.29 is 14.4 Å². The van der Waals surface area contributed by atoms with Crippen LogP contribution in [-0.2, 0) is 40.1 Å². The maximum atomic E-state index is 14.6. The predicted molar refractivity (Wildman–Crippen MR) is 190 cm³/mol. The van der Waals surface area contributed by atoms with Gasteiger partial charge in [-0.25, -0.2) is 0 Å². The number of hydrogen-bond donors (Lipinski definition) is 2. The van der Waals surface area contributed by atoms with Crippen LogP contribution in [0.15, 0.2) is 72.9 Å². The summed E-state index contributed by atoms with van der Waals surface area (Å²) >= 11 is 6.41. The highest BCUT2D eigenvalue weighted by molar-refractivity contribution is 6.30. The third-order valence-electron chi connectivity index (χ3n) is 10.5. The van der Waals surface area contributed by atoms with E-state index in [4.69, 9.17) is 11.6 Å². The van der Waals surface area contributed by atoms with Gasteiger partial charge < -0.3 is 25.0 Å². The van der Waals surface area contributed by atoms with Crippen molar-refractivity contribution in [3.05, 3.63) is 100 Å². The molecule has 0 saturated carbocycles. The molecule has 4 aromatic rings. The minimum absolute atomic E-state index is 0.0235. The first-order valence-electron chi connectivity index (χ1n) is 17.2. The number of piperidine rings is 1. The summed E-state index contributed by atoms with van der Waals surface area (Å²) in [7, 11) is 4.09. The van der Waals surface area contributed by atoms with Crippen LogP contribution < -0.4 is 10.2 Å². The average Bonchev–Trinajstić information content (AvgIpc) is 3.71. The molecular formula is C39H44ClN5O3. The molecule has 1 saturated heterocycles. The van der Waals surface area contributed by atoms with E-state index in [1.807, 2.05) is 84.7 Å². The lowest BCUT2D eigenvalue weighted by Gasteiger charge is -2.38. The smallest absolute Gasteiger partial charge is 0.249 e. The van der Waals surface area contributed by atoms with E-state index >= 15 is 0 Å². The Bertz CT molecular complexity index is 1800. The highest BCUT2D eigenvalue weighted by Crippen LogP contribution is 2.34. The van der Waals surface area contributed by atoms with Crippen LogP contribution in [0.3, 0.4) is 0 Å². The van der Waals surface area contributed by atoms with E-state index in [1.54, 1.807) is 0 Å². The summed E-state index contributed by atoms with van der Waals surface area (Å²) in [4.78, 5) is 51.3. The van der Waals surface area contributed by atoms with Crippen LogP contribution in [0.1, 0.15) is 35.1 Å². The summed E-state index contributed by atoms with van der Waals surface area (Å²) < 4.78 is 0. The Hall–Kier alpha value is -4.14. The maximum absolute atomic E-state index is 14.6. The maximum Gasteiger partial charge on any atom is 0.249 e. The van der Waals surface area contributed by atoms with Gasteiger partial charge in [-0.05, 0) is 98.6 Å². The number of amides is 3. The predicted octanol–water partition coefficient (Wildman–Crippen LogP) is 5.27. The third kappa shape index (κ3) is 6.74. The van der Waals surface area contributed by atoms with Gasteiger partial charge in [0.15, 0.2) is 0 Å². The number of likely N-dealkylation sites (tertiary alicyclic amines) is 1. The number of nitrogens with zero attached hydrogens (tertiary/aromatic N) is 3. The Morgan fingerprint density at radius 1 is 0.917 bits per heavy atom. The fraction of sp³-hybridized carbons (Fsp3) is 0.410. The lowest BCUT2D eigenvalue weighted by atomic mass is 9.90. The van der Waals surface area contributed by atoms with E-state index in [1.165, 1.54) is 11.1 Å². The van der Waals surface area contributed by atoms with Gasteiger partial charge in [0.05, 0.1) is 0 Å². The number of para-hydroxylation sites is 1. The summed E-state index contributed by atoms with van der Waals surface area (Å²) in [6.07, 6.45) is 5.89. The molecule has 1 fully saturated rings. The van der Waals surface area contributed by atoms with Crippen molar-refractivity contribution in [2.75, 3.05) is 45.2 Å². The fourth-order valence-corrected chi connectivity index (χ4v) is 8.31. The van der Waals surface area contributed by atoms with Crippen molar-refractivity contribution in [2.24, 2.45) is 17.8 Å². The molecule has 1 aromatic heterocycles. The van der Waals surface area contributed by atoms with Crippen LogP contribution in [-0.4, -0.2) is 78.8 Å². The van der Waals surface area contributed by atoms with Crippen molar-refractivity contribution in [3.8, 4) is 0 Å². The molecule has 250 valence electrons. The molecule has 0 unspecified atom stereocenters. The Labute approximate surface area is 287 Å². The van der Waals surface area contributed by atoms with Gasteiger partial charge in [-0.15, -0.1) is 0 Å². The SMILES string of the molecule is CN(C)C[C@H]1Cc2cc(Cl)ccc2N(C(=O)[C@@H](Cc2c[nH]c3ccccc23)NC(=O)C2CCN(C(=O)C3Cc4ccccc4C3)CC2)C1. The van der Waals surface area contributed by atoms with E-state index in [2.05, 4.69) is 27.3 Å². The minimum atomic E-state index is -0.755. The normalized spacial score (nSPS) is 19.0. The highest BCUT2D eigenvalue weighted by Gasteiger charge is 2.37. The Kier molecular flexibility index (Phi) is 9.30. The van der Waals surface area contributed by atoms with Gasteiger partial charge >= 0.3 is 0 Å². The molecule has 3 heterocycles. The molecule has 2 atom stereocenters. The molecule has 7 rings (SSSR count). The zero-order valence-electron chi connectivity index (χ0n) is 27.8. The molecule has 1 aliphatic carbocycles. The number of aromatic nitrogens is 1. The third-order valence-corrected chi connectivity index (χ3v) is 10.7. The molecule has 3 aromatic carbocycles. The number of carbonyl (C=O) groups excluding carboxylic acids is 3. The largest absolute Gasteiger partial charge is 0.361 e. The van der Waals surface area contributed by atoms with E-state index < -0.39 is 6.04 Å². The first-order chi connectivity index (χ1) is 23.2. The van der Waals surface area contributed by atoms with Crippen LogP contribution in [0.2, 0.25) is 5.02 Å². The number of H-pyrrole nitrogens is 1. The van der Waals surface area contributed by atoms with Crippen molar-refractivity contribution in [1.82, 2.24) is 20.1 Å². The van der Waals surface area contributed by atoms with E-state index in [0.29, 0.717) is 43.9 Å². The lowest BCUT2D eigenvalue weighted by Crippen LogP contribution is -2.55. The molecule has 2 aliphatic heterocycles. The number of carbonyl (C=O) groups is 3. The molecule has 8 nitrogen and oxygen atoms in total. The number of rotatable bonds is 8. The van der Waals surface area contributed by atoms with E-state index in [9.17, 15) is 14.4 Å². The number of hydrogen-bond acceptors (Lipinski definition) is 4. The van der Waals surface area contributed by atoms with Gasteiger partial charge in [-0.2, -0.15) is 0 Å². The van der Waals surface area contributed by atoms with Crippen LogP contribution in [0.25, 0.3) is 10.9 Å². The average molecular weight is 666 g/mol. The minimum Gasteiger partial charge on any atom is -0.361 e. The highest BCUT2D eigenvalue weighted by atomic mass is 35.5. The number of halogens is 1. The van der Waals surface area contributed by atoms with E-state index in [-0.39, 0.29) is 35.5 Å². The second-order valence-corrected chi connectivity index (χ2v) is 14.6. The van der Waals surface area contributed by atoms with E-state index in [0.717, 1.165) is 53.5 Å². The number of aromatic amines is 1. The zero-order valence-corrected chi connectivity index (χ0v) is 28.5. The summed E-state index contributed by atoms with van der Waals surface area (Å²) in [5.74, 6) is -0.102. The number of anilines is 1. The van der Waals surface area contributed by atoms with Crippen LogP contribution in [0.4, 0.5) is 5.69 Å². The standard InChI is InChI=1S/C39H44ClN5O3/c1-43(2)23-25-17-29-20-32(40)11-12-36(29)45(24-25)39(48)35(21-31-22-41-34-10-6-5-9-33(31)34)42-37(46)26-13-15-44(16-14-26)38(47)30-18-27-7-3-4-8-28(27)19-30/h3-12,20,22,25-26,30,35,41H,13-19,21,23-24H2,1-2H3,(H,42,46)/t25-,35-/m1/s1. The van der Waals surface area contributed by atoms with Crippen molar-refractivity contribution in [2.45, 2.75) is 44.6 Å². The quantitative estimate of drug-likeness (QED) is 0.269. The second kappa shape index (κ2) is 13.8. The zero-order chi connectivity index (χ0) is 33.4. The lowest BCUT2D eigenvalue weighted by molar-refractivity contribution is -0.139. The van der Waals surface area contributed by atoms with Crippen molar-refractivity contribution in [1.29, 1.82) is 0 Å². The number of benzene rings is 3. The van der Waals surface area contributed by atoms with Crippen molar-refractivity contribution >= 4 is 45.9 Å². The first-order valence-corrected chi connectivity index (χ1v) is 17.6. The molecule has 3 aliphatic rings. The van der Waals surface area contributed by atoms with Gasteiger partial charge in [-0.3, -0.25) is 14.4 Å². The van der Waals surface area contributed by atoms with Crippen LogP contribution in [0, 0.1) is 17.8 Å². The van der Waals surface area contributed by atoms with Gasteiger partial charge in [0.25, 0.3) is 0 Å². The second-order valence-electron chi connectivity index (χ2n) is 14.2. The molecule has 9 heteroatoms. The topological polar surface area (TPSA) is 88.8 Å². The van der Waals surface area contributed by atoms with Crippen LogP contribution >= 0.6 is 11.6 Å². The monoisotopic (exact) mass is 665 g/mol. The molecule has 0 spiro atoms. The Morgan fingerprint density at radius 3 is 2.35 bits per heavy atom. The summed E-state index contributed by atoms with van der Waals surface area (Å²) in [6.45, 7) is 2.51. The fourth-order valence-electron chi connectivity index (χ4n) is 8.11. The summed E-state index contributed by atoms with van der Waals surface area (Å²) in [5, 5.41) is 4.91. The summed E-state index contributed by atoms with van der Waals surface area (Å²) in [6, 6.07) is 21.3. The summed E-state index contributed by atoms with van der Waals surface area (Å²) in [5.41, 5.74) is 6.43. The number of nitrogens with one attached hydrogen (secondary N) is 2. The first kappa shape index (κ1) is 32.4. The van der Waals surface area contributed by atoms with Gasteiger partial charge in [-0.1, -0.05) is 54.1 Å². The molecular weight excluding hydrogens is 622 g/mol. The molecule has 48 heavy (non-hydrogen) atoms. The van der Waals surface area contributed by atoms with Gasteiger partial charge in [0.1, 0.15) is 6.04 Å². The van der Waals surface area contributed by atoms with Crippen LogP contribution in [0.5, 0.6) is 0 Å². The Morgan fingerprint density at radius 2 is 1.62 bits per heavy atom. The molecule has 0 radical (unpaired) electrons. The molecule has 0 bridgehead atoms. The molecule has 2 N–H and O–H groups in total.